The Morgan fingerprint density at radius 2 is 1.97 bits per heavy atom. The molecule has 4 rings (SSSR count). The number of hydrogen-bond acceptors (Lipinski definition) is 7. The maximum Gasteiger partial charge on any atom is 0.227 e. The van der Waals surface area contributed by atoms with Gasteiger partial charge in [-0.1, -0.05) is 32.0 Å². The summed E-state index contributed by atoms with van der Waals surface area (Å²) in [6.45, 7) is 4.96. The van der Waals surface area contributed by atoms with Gasteiger partial charge in [0.25, 0.3) is 0 Å². The molecule has 8 heteroatoms. The number of hydrogen-bond donors (Lipinski definition) is 3. The van der Waals surface area contributed by atoms with Gasteiger partial charge in [0.1, 0.15) is 0 Å². The number of aliphatic hydroxyl groups excluding tert-OH is 1. The molecule has 0 amide bonds. The van der Waals surface area contributed by atoms with E-state index in [9.17, 15) is 5.11 Å². The van der Waals surface area contributed by atoms with Crippen molar-refractivity contribution in [2.45, 2.75) is 39.3 Å². The van der Waals surface area contributed by atoms with E-state index in [1.807, 2.05) is 54.0 Å². The number of aromatic nitrogens is 5. The van der Waals surface area contributed by atoms with Gasteiger partial charge in [0.2, 0.25) is 5.95 Å². The summed E-state index contributed by atoms with van der Waals surface area (Å²) in [6.07, 6.45) is 5.32. The molecule has 0 bridgehead atoms. The molecule has 31 heavy (non-hydrogen) atoms. The number of nitrogens with one attached hydrogen (secondary N) is 2. The summed E-state index contributed by atoms with van der Waals surface area (Å²) in [5.74, 6) is 1.09. The van der Waals surface area contributed by atoms with Crippen LogP contribution in [0.4, 0.5) is 17.5 Å². The van der Waals surface area contributed by atoms with E-state index in [-0.39, 0.29) is 12.6 Å². The summed E-state index contributed by atoms with van der Waals surface area (Å²) in [6, 6.07) is 13.8. The van der Waals surface area contributed by atoms with Crippen molar-refractivity contribution in [1.29, 1.82) is 0 Å². The van der Waals surface area contributed by atoms with E-state index in [1.165, 1.54) is 0 Å². The standard InChI is InChI=1S/C23H27N7O/c1-3-12-30-15-25-20-21(28-23(29-22(20)30)27-17(4-2)14-31)26-18-9-7-8-16(13-18)19-10-5-6-11-24-19/h5-11,13,15,17,31H,3-4,12,14H2,1-2H3,(H2,26,27,28,29). The first kappa shape index (κ1) is 20.7. The summed E-state index contributed by atoms with van der Waals surface area (Å²) in [5, 5.41) is 16.2. The molecule has 1 aromatic carbocycles. The predicted octanol–water partition coefficient (Wildman–Crippen LogP) is 4.22. The number of rotatable bonds is 9. The fourth-order valence-electron chi connectivity index (χ4n) is 3.39. The molecule has 0 saturated heterocycles. The molecule has 0 fully saturated rings. The largest absolute Gasteiger partial charge is 0.394 e. The van der Waals surface area contributed by atoms with Crippen LogP contribution in [-0.2, 0) is 6.54 Å². The summed E-state index contributed by atoms with van der Waals surface area (Å²) in [4.78, 5) is 18.3. The van der Waals surface area contributed by atoms with E-state index in [2.05, 4.69) is 37.5 Å². The number of imidazole rings is 1. The molecule has 3 heterocycles. The van der Waals surface area contributed by atoms with Crippen LogP contribution in [0.2, 0.25) is 0 Å². The Kier molecular flexibility index (Phi) is 6.37. The third kappa shape index (κ3) is 4.64. The first-order valence-electron chi connectivity index (χ1n) is 10.6. The predicted molar refractivity (Wildman–Crippen MR) is 123 cm³/mol. The van der Waals surface area contributed by atoms with Gasteiger partial charge in [-0.3, -0.25) is 4.98 Å². The maximum atomic E-state index is 9.59. The van der Waals surface area contributed by atoms with Crippen LogP contribution in [0, 0.1) is 0 Å². The number of benzene rings is 1. The molecule has 0 aliphatic rings. The van der Waals surface area contributed by atoms with E-state index in [1.54, 1.807) is 12.5 Å². The highest BCUT2D eigenvalue weighted by molar-refractivity contribution is 5.87. The molecule has 0 radical (unpaired) electrons. The molecular formula is C23H27N7O. The molecule has 0 aliphatic heterocycles. The van der Waals surface area contributed by atoms with Crippen molar-refractivity contribution >= 4 is 28.6 Å². The number of fused-ring (bicyclic) bond motifs is 1. The average molecular weight is 418 g/mol. The lowest BCUT2D eigenvalue weighted by atomic mass is 10.1. The van der Waals surface area contributed by atoms with Crippen molar-refractivity contribution in [1.82, 2.24) is 24.5 Å². The Bertz CT molecular complexity index is 1140. The van der Waals surface area contributed by atoms with Crippen LogP contribution in [0.5, 0.6) is 0 Å². The Hall–Kier alpha value is -3.52. The highest BCUT2D eigenvalue weighted by Crippen LogP contribution is 2.27. The third-order valence-corrected chi connectivity index (χ3v) is 5.06. The van der Waals surface area contributed by atoms with Gasteiger partial charge >= 0.3 is 0 Å². The van der Waals surface area contributed by atoms with Gasteiger partial charge in [-0.25, -0.2) is 4.98 Å². The maximum absolute atomic E-state index is 9.59. The first-order chi connectivity index (χ1) is 15.2. The van der Waals surface area contributed by atoms with Crippen molar-refractivity contribution < 1.29 is 5.11 Å². The van der Waals surface area contributed by atoms with Gasteiger partial charge in [-0.15, -0.1) is 0 Å². The number of aryl methyl sites for hydroxylation is 1. The highest BCUT2D eigenvalue weighted by Gasteiger charge is 2.15. The van der Waals surface area contributed by atoms with Gasteiger partial charge in [0.15, 0.2) is 17.0 Å². The summed E-state index contributed by atoms with van der Waals surface area (Å²) < 4.78 is 2.03. The number of anilines is 3. The van der Waals surface area contributed by atoms with Crippen molar-refractivity contribution in [3.63, 3.8) is 0 Å². The fourth-order valence-corrected chi connectivity index (χ4v) is 3.39. The minimum absolute atomic E-state index is 0.0149. The van der Waals surface area contributed by atoms with Crippen LogP contribution in [0.15, 0.2) is 55.0 Å². The van der Waals surface area contributed by atoms with Crippen LogP contribution in [-0.4, -0.2) is 42.3 Å². The zero-order chi connectivity index (χ0) is 21.6. The van der Waals surface area contributed by atoms with Crippen molar-refractivity contribution in [3.05, 3.63) is 55.0 Å². The minimum atomic E-state index is -0.111. The van der Waals surface area contributed by atoms with Gasteiger partial charge in [0.05, 0.1) is 24.7 Å². The highest BCUT2D eigenvalue weighted by atomic mass is 16.3. The molecule has 0 aliphatic carbocycles. The summed E-state index contributed by atoms with van der Waals surface area (Å²) >= 11 is 0. The quantitative estimate of drug-likeness (QED) is 0.375. The molecule has 1 unspecified atom stereocenters. The normalized spacial score (nSPS) is 12.1. The molecular weight excluding hydrogens is 390 g/mol. The van der Waals surface area contributed by atoms with Gasteiger partial charge in [-0.2, -0.15) is 9.97 Å². The Morgan fingerprint density at radius 1 is 1.06 bits per heavy atom. The van der Waals surface area contributed by atoms with Crippen LogP contribution >= 0.6 is 0 Å². The Morgan fingerprint density at radius 3 is 2.71 bits per heavy atom. The van der Waals surface area contributed by atoms with Crippen molar-refractivity contribution in [2.75, 3.05) is 17.2 Å². The van der Waals surface area contributed by atoms with E-state index in [0.717, 1.165) is 42.0 Å². The second-order valence-corrected chi connectivity index (χ2v) is 7.36. The summed E-state index contributed by atoms with van der Waals surface area (Å²) in [5.41, 5.74) is 4.27. The molecule has 160 valence electrons. The number of nitrogens with zero attached hydrogens (tertiary/aromatic N) is 5. The number of aliphatic hydroxyl groups is 1. The Balaban J connectivity index is 1.72. The fraction of sp³-hybridized carbons (Fsp3) is 0.304. The van der Waals surface area contributed by atoms with Crippen LogP contribution in [0.3, 0.4) is 0 Å². The minimum Gasteiger partial charge on any atom is -0.394 e. The van der Waals surface area contributed by atoms with Crippen LogP contribution < -0.4 is 10.6 Å². The number of pyridine rings is 1. The van der Waals surface area contributed by atoms with E-state index in [4.69, 9.17) is 0 Å². The van der Waals surface area contributed by atoms with Crippen LogP contribution in [0.25, 0.3) is 22.4 Å². The third-order valence-electron chi connectivity index (χ3n) is 5.06. The second-order valence-electron chi connectivity index (χ2n) is 7.36. The molecule has 1 atom stereocenters. The van der Waals surface area contributed by atoms with E-state index >= 15 is 0 Å². The molecule has 4 aromatic rings. The van der Waals surface area contributed by atoms with Gasteiger partial charge in [-0.05, 0) is 37.1 Å². The topological polar surface area (TPSA) is 101 Å². The lowest BCUT2D eigenvalue weighted by Gasteiger charge is -2.16. The van der Waals surface area contributed by atoms with Crippen molar-refractivity contribution in [3.8, 4) is 11.3 Å². The molecule has 0 spiro atoms. The van der Waals surface area contributed by atoms with Crippen LogP contribution in [0.1, 0.15) is 26.7 Å². The molecule has 3 aromatic heterocycles. The monoisotopic (exact) mass is 417 g/mol. The Labute approximate surface area is 181 Å². The molecule has 0 saturated carbocycles. The van der Waals surface area contributed by atoms with Crippen molar-refractivity contribution in [2.24, 2.45) is 0 Å². The van der Waals surface area contributed by atoms with Gasteiger partial charge < -0.3 is 20.3 Å². The SMILES string of the molecule is CCCn1cnc2c(Nc3cccc(-c4ccccn4)c3)nc(NC(CC)CO)nc21. The average Bonchev–Trinajstić information content (AvgIpc) is 3.21. The smallest absolute Gasteiger partial charge is 0.227 e. The lowest BCUT2D eigenvalue weighted by molar-refractivity contribution is 0.271. The molecule has 8 nitrogen and oxygen atoms in total. The summed E-state index contributed by atoms with van der Waals surface area (Å²) in [7, 11) is 0. The van der Waals surface area contributed by atoms with Gasteiger partial charge in [0, 0.05) is 24.0 Å². The zero-order valence-electron chi connectivity index (χ0n) is 17.8. The zero-order valence-corrected chi connectivity index (χ0v) is 17.8. The van der Waals surface area contributed by atoms with E-state index in [0.29, 0.717) is 17.3 Å². The molecule has 3 N–H and O–H groups in total. The lowest BCUT2D eigenvalue weighted by Crippen LogP contribution is -2.24. The second kappa shape index (κ2) is 9.53. The van der Waals surface area contributed by atoms with E-state index < -0.39 is 0 Å². The first-order valence-corrected chi connectivity index (χ1v) is 10.6.